The Bertz CT molecular complexity index is 1430. The van der Waals surface area contributed by atoms with E-state index in [-0.39, 0.29) is 28.8 Å². The first-order valence-electron chi connectivity index (χ1n) is 12.2. The number of benzene rings is 2. The summed E-state index contributed by atoms with van der Waals surface area (Å²) in [5, 5.41) is 6.81. The van der Waals surface area contributed by atoms with Crippen molar-refractivity contribution in [2.75, 3.05) is 31.6 Å². The van der Waals surface area contributed by atoms with Gasteiger partial charge in [0, 0.05) is 24.8 Å². The van der Waals surface area contributed by atoms with Crippen molar-refractivity contribution >= 4 is 33.8 Å². The highest BCUT2D eigenvalue weighted by molar-refractivity contribution is 7.89. The van der Waals surface area contributed by atoms with Gasteiger partial charge < -0.3 is 19.3 Å². The molecule has 5 rings (SSSR count). The standard InChI is InChI=1S/C27H29N3O6S/c1-18-5-7-20(8-6-18)9-11-24-26(19(2)29-36-24)37(32,33)30-13-3-4-21(17-30)27(31)28-22-10-12-23-25(16-22)35-15-14-34-23/h5-12,16,21H,3-4,13-15,17H2,1-2H3,(H,28,31)/b11-9+. The van der Waals surface area contributed by atoms with E-state index in [4.69, 9.17) is 14.0 Å². The number of nitrogens with zero attached hydrogens (tertiary/aromatic N) is 2. The van der Waals surface area contributed by atoms with Crippen LogP contribution in [0, 0.1) is 19.8 Å². The number of aryl methyl sites for hydroxylation is 2. The van der Waals surface area contributed by atoms with Gasteiger partial charge >= 0.3 is 0 Å². The summed E-state index contributed by atoms with van der Waals surface area (Å²) < 4.78 is 45.2. The molecule has 0 radical (unpaired) electrons. The van der Waals surface area contributed by atoms with Crippen LogP contribution in [-0.4, -0.2) is 50.1 Å². The zero-order valence-electron chi connectivity index (χ0n) is 20.8. The van der Waals surface area contributed by atoms with Crippen molar-refractivity contribution in [3.63, 3.8) is 0 Å². The van der Waals surface area contributed by atoms with Gasteiger partial charge in [-0.05, 0) is 50.5 Å². The summed E-state index contributed by atoms with van der Waals surface area (Å²) in [6.07, 6.45) is 4.56. The molecular weight excluding hydrogens is 494 g/mol. The number of rotatable bonds is 6. The average Bonchev–Trinajstić information content (AvgIpc) is 3.29. The third-order valence-corrected chi connectivity index (χ3v) is 8.52. The van der Waals surface area contributed by atoms with E-state index in [0.29, 0.717) is 49.8 Å². The van der Waals surface area contributed by atoms with Crippen LogP contribution >= 0.6 is 0 Å². The van der Waals surface area contributed by atoms with E-state index in [1.807, 2.05) is 31.2 Å². The van der Waals surface area contributed by atoms with E-state index in [2.05, 4.69) is 10.5 Å². The van der Waals surface area contributed by atoms with Crippen molar-refractivity contribution in [1.29, 1.82) is 0 Å². The number of amides is 1. The van der Waals surface area contributed by atoms with E-state index in [9.17, 15) is 13.2 Å². The second-order valence-electron chi connectivity index (χ2n) is 9.26. The predicted molar refractivity (Wildman–Crippen MR) is 139 cm³/mol. The summed E-state index contributed by atoms with van der Waals surface area (Å²) in [5.74, 6) is 0.643. The first-order chi connectivity index (χ1) is 17.8. The Hall–Kier alpha value is -3.63. The van der Waals surface area contributed by atoms with Crippen LogP contribution in [0.15, 0.2) is 51.9 Å². The Labute approximate surface area is 216 Å². The second kappa shape index (κ2) is 10.4. The third kappa shape index (κ3) is 5.40. The highest BCUT2D eigenvalue weighted by Gasteiger charge is 2.37. The van der Waals surface area contributed by atoms with Crippen LogP contribution in [0.2, 0.25) is 0 Å². The van der Waals surface area contributed by atoms with Gasteiger partial charge in [-0.3, -0.25) is 4.79 Å². The normalized spacial score (nSPS) is 18.2. The maximum atomic E-state index is 13.7. The van der Waals surface area contributed by atoms with Crippen LogP contribution in [0.5, 0.6) is 11.5 Å². The lowest BCUT2D eigenvalue weighted by atomic mass is 9.98. The minimum atomic E-state index is -3.93. The van der Waals surface area contributed by atoms with Crippen LogP contribution in [0.1, 0.15) is 35.4 Å². The summed E-state index contributed by atoms with van der Waals surface area (Å²) in [4.78, 5) is 13.1. The fourth-order valence-corrected chi connectivity index (χ4v) is 6.29. The van der Waals surface area contributed by atoms with Gasteiger partial charge in [0.05, 0.1) is 5.92 Å². The zero-order chi connectivity index (χ0) is 26.0. The Morgan fingerprint density at radius 2 is 1.81 bits per heavy atom. The lowest BCUT2D eigenvalue weighted by Gasteiger charge is -2.31. The molecule has 9 nitrogen and oxygen atoms in total. The third-order valence-electron chi connectivity index (χ3n) is 6.50. The first kappa shape index (κ1) is 25.0. The number of piperidine rings is 1. The Morgan fingerprint density at radius 1 is 1.05 bits per heavy atom. The molecule has 1 fully saturated rings. The molecule has 1 unspecified atom stereocenters. The van der Waals surface area contributed by atoms with Crippen LogP contribution in [0.3, 0.4) is 0 Å². The number of hydrogen-bond acceptors (Lipinski definition) is 7. The predicted octanol–water partition coefficient (Wildman–Crippen LogP) is 4.27. The monoisotopic (exact) mass is 523 g/mol. The van der Waals surface area contributed by atoms with Crippen molar-refractivity contribution in [2.45, 2.75) is 31.6 Å². The number of anilines is 1. The van der Waals surface area contributed by atoms with E-state index in [0.717, 1.165) is 11.1 Å². The number of carbonyl (C=O) groups is 1. The molecule has 0 saturated carbocycles. The molecule has 3 aromatic rings. The Kier molecular flexibility index (Phi) is 7.03. The second-order valence-corrected chi connectivity index (χ2v) is 11.1. The molecule has 1 amide bonds. The molecule has 0 aliphatic carbocycles. The quantitative estimate of drug-likeness (QED) is 0.514. The van der Waals surface area contributed by atoms with Crippen LogP contribution in [-0.2, 0) is 14.8 Å². The van der Waals surface area contributed by atoms with Crippen LogP contribution in [0.4, 0.5) is 5.69 Å². The summed E-state index contributed by atoms with van der Waals surface area (Å²) in [6, 6.07) is 13.1. The van der Waals surface area contributed by atoms with Crippen LogP contribution in [0.25, 0.3) is 12.2 Å². The van der Waals surface area contributed by atoms with Gasteiger partial charge in [0.2, 0.25) is 15.9 Å². The molecule has 1 atom stereocenters. The molecular formula is C27H29N3O6S. The molecule has 2 aromatic carbocycles. The summed E-state index contributed by atoms with van der Waals surface area (Å²) in [7, 11) is -3.93. The lowest BCUT2D eigenvalue weighted by Crippen LogP contribution is -2.43. The summed E-state index contributed by atoms with van der Waals surface area (Å²) in [5.41, 5.74) is 2.91. The van der Waals surface area contributed by atoms with Crippen molar-refractivity contribution in [1.82, 2.24) is 9.46 Å². The van der Waals surface area contributed by atoms with Gasteiger partial charge in [0.15, 0.2) is 22.2 Å². The molecule has 37 heavy (non-hydrogen) atoms. The highest BCUT2D eigenvalue weighted by Crippen LogP contribution is 2.34. The van der Waals surface area contributed by atoms with Crippen molar-refractivity contribution in [3.05, 3.63) is 65.0 Å². The highest BCUT2D eigenvalue weighted by atomic mass is 32.2. The molecule has 2 aliphatic heterocycles. The van der Waals surface area contributed by atoms with E-state index < -0.39 is 15.9 Å². The van der Waals surface area contributed by atoms with Gasteiger partial charge in [-0.15, -0.1) is 0 Å². The molecule has 194 valence electrons. The number of ether oxygens (including phenoxy) is 2. The molecule has 1 saturated heterocycles. The van der Waals surface area contributed by atoms with Crippen molar-refractivity contribution in [2.24, 2.45) is 5.92 Å². The fraction of sp³-hybridized carbons (Fsp3) is 0.333. The molecule has 1 aromatic heterocycles. The van der Waals surface area contributed by atoms with Crippen molar-refractivity contribution < 1.29 is 27.2 Å². The molecule has 1 N–H and O–H groups in total. The summed E-state index contributed by atoms with van der Waals surface area (Å²) in [6.45, 7) is 4.94. The molecule has 3 heterocycles. The number of fused-ring (bicyclic) bond motifs is 1. The number of sulfonamides is 1. The number of nitrogens with one attached hydrogen (secondary N) is 1. The topological polar surface area (TPSA) is 111 Å². The van der Waals surface area contributed by atoms with Gasteiger partial charge in [0.25, 0.3) is 0 Å². The summed E-state index contributed by atoms with van der Waals surface area (Å²) >= 11 is 0. The minimum absolute atomic E-state index is 0.0313. The van der Waals surface area contributed by atoms with Gasteiger partial charge in [-0.1, -0.05) is 41.1 Å². The fourth-order valence-electron chi connectivity index (χ4n) is 4.52. The maximum Gasteiger partial charge on any atom is 0.248 e. The minimum Gasteiger partial charge on any atom is -0.486 e. The lowest BCUT2D eigenvalue weighted by molar-refractivity contribution is -0.120. The molecule has 0 bridgehead atoms. The van der Waals surface area contributed by atoms with Crippen molar-refractivity contribution in [3.8, 4) is 11.5 Å². The largest absolute Gasteiger partial charge is 0.486 e. The van der Waals surface area contributed by atoms with Crippen LogP contribution < -0.4 is 14.8 Å². The zero-order valence-corrected chi connectivity index (χ0v) is 21.6. The smallest absolute Gasteiger partial charge is 0.248 e. The average molecular weight is 524 g/mol. The van der Waals surface area contributed by atoms with Gasteiger partial charge in [-0.25, -0.2) is 8.42 Å². The van der Waals surface area contributed by atoms with Gasteiger partial charge in [-0.2, -0.15) is 4.31 Å². The van der Waals surface area contributed by atoms with E-state index in [1.54, 1.807) is 37.3 Å². The maximum absolute atomic E-state index is 13.7. The van der Waals surface area contributed by atoms with Gasteiger partial charge in [0.1, 0.15) is 18.9 Å². The number of carbonyl (C=O) groups excluding carboxylic acids is 1. The number of aromatic nitrogens is 1. The molecule has 10 heteroatoms. The Balaban J connectivity index is 1.31. The molecule has 0 spiro atoms. The van der Waals surface area contributed by atoms with E-state index >= 15 is 0 Å². The first-order valence-corrected chi connectivity index (χ1v) is 13.7. The molecule has 2 aliphatic rings. The number of hydrogen-bond donors (Lipinski definition) is 1. The SMILES string of the molecule is Cc1ccc(/C=C/c2onc(C)c2S(=O)(=O)N2CCCC(C(=O)Nc3ccc4c(c3)OCCO4)C2)cc1. The Morgan fingerprint density at radius 3 is 2.59 bits per heavy atom. The van der Waals surface area contributed by atoms with E-state index in [1.165, 1.54) is 4.31 Å².